The first kappa shape index (κ1) is 15.2. The number of benzene rings is 1. The molecule has 1 aromatic heterocycles. The van der Waals surface area contributed by atoms with E-state index in [2.05, 4.69) is 11.9 Å². The van der Waals surface area contributed by atoms with Crippen LogP contribution in [0.4, 0.5) is 0 Å². The molecule has 1 heterocycles. The number of carbonyl (C=O) groups is 2. The van der Waals surface area contributed by atoms with Gasteiger partial charge in [-0.3, -0.25) is 4.79 Å². The number of primary amides is 1. The molecule has 0 radical (unpaired) electrons. The van der Waals surface area contributed by atoms with Crippen LogP contribution >= 0.6 is 11.3 Å². The van der Waals surface area contributed by atoms with Gasteiger partial charge >= 0.3 is 5.97 Å². The van der Waals surface area contributed by atoms with Crippen LogP contribution in [0.25, 0.3) is 10.6 Å². The molecule has 0 aliphatic heterocycles. The predicted molar refractivity (Wildman–Crippen MR) is 81.0 cm³/mol. The van der Waals surface area contributed by atoms with E-state index in [-0.39, 0.29) is 5.69 Å². The second-order valence-electron chi connectivity index (χ2n) is 4.54. The minimum atomic E-state index is -0.966. The molecule has 2 rings (SSSR count). The first-order chi connectivity index (χ1) is 10.0. The number of thiazole rings is 1. The van der Waals surface area contributed by atoms with Gasteiger partial charge in [0.25, 0.3) is 5.91 Å². The van der Waals surface area contributed by atoms with E-state index in [1.165, 1.54) is 23.8 Å². The molecule has 2 aromatic rings. The average Bonchev–Trinajstić information content (AvgIpc) is 2.97. The highest BCUT2D eigenvalue weighted by Crippen LogP contribution is 2.24. The topological polar surface area (TPSA) is 82.3 Å². The Morgan fingerprint density at radius 1 is 1.33 bits per heavy atom. The Kier molecular flexibility index (Phi) is 4.70. The highest BCUT2D eigenvalue weighted by atomic mass is 32.1. The van der Waals surface area contributed by atoms with Crippen molar-refractivity contribution in [1.82, 2.24) is 4.98 Å². The molecule has 1 atom stereocenters. The highest BCUT2D eigenvalue weighted by molar-refractivity contribution is 7.13. The summed E-state index contributed by atoms with van der Waals surface area (Å²) in [5.41, 5.74) is 7.42. The van der Waals surface area contributed by atoms with E-state index in [0.717, 1.165) is 17.0 Å². The van der Waals surface area contributed by atoms with Crippen LogP contribution in [0.2, 0.25) is 0 Å². The lowest BCUT2D eigenvalue weighted by Crippen LogP contribution is -2.30. The van der Waals surface area contributed by atoms with Gasteiger partial charge < -0.3 is 10.5 Å². The number of nitrogens with two attached hydrogens (primary N) is 1. The van der Waals surface area contributed by atoms with Crippen LogP contribution in [0.5, 0.6) is 0 Å². The third-order valence-electron chi connectivity index (χ3n) is 3.01. The zero-order chi connectivity index (χ0) is 15.4. The standard InChI is InChI=1S/C15H16N2O3S/c1-3-10-4-6-11(7-5-10)14-17-12(8-21-14)15(19)20-9(2)13(16)18/h4-9H,3H2,1-2H3,(H2,16,18)/t9-/m1/s1. The van der Waals surface area contributed by atoms with Gasteiger partial charge in [-0.05, 0) is 18.9 Å². The number of rotatable bonds is 5. The summed E-state index contributed by atoms with van der Waals surface area (Å²) in [5, 5.41) is 2.34. The minimum Gasteiger partial charge on any atom is -0.448 e. The Morgan fingerprint density at radius 2 is 2.00 bits per heavy atom. The lowest BCUT2D eigenvalue weighted by molar-refractivity contribution is -0.125. The molecule has 6 heteroatoms. The summed E-state index contributed by atoms with van der Waals surface area (Å²) in [4.78, 5) is 26.9. The van der Waals surface area contributed by atoms with Gasteiger partial charge in [0, 0.05) is 10.9 Å². The summed E-state index contributed by atoms with van der Waals surface area (Å²) in [6, 6.07) is 8.01. The van der Waals surface area contributed by atoms with E-state index >= 15 is 0 Å². The van der Waals surface area contributed by atoms with Crippen molar-refractivity contribution in [1.29, 1.82) is 0 Å². The Balaban J connectivity index is 2.13. The van der Waals surface area contributed by atoms with Gasteiger partial charge in [0.05, 0.1) is 0 Å². The molecule has 0 aliphatic carbocycles. The van der Waals surface area contributed by atoms with Crippen molar-refractivity contribution in [3.63, 3.8) is 0 Å². The molecule has 0 spiro atoms. The van der Waals surface area contributed by atoms with Gasteiger partial charge in [0.2, 0.25) is 0 Å². The predicted octanol–water partition coefficient (Wildman–Crippen LogP) is 2.40. The molecular weight excluding hydrogens is 288 g/mol. The van der Waals surface area contributed by atoms with Crippen molar-refractivity contribution in [2.24, 2.45) is 5.73 Å². The molecule has 1 aromatic carbocycles. The number of aromatic nitrogens is 1. The summed E-state index contributed by atoms with van der Waals surface area (Å²) < 4.78 is 4.91. The summed E-state index contributed by atoms with van der Waals surface area (Å²) in [6.45, 7) is 3.52. The Bertz CT molecular complexity index is 649. The van der Waals surface area contributed by atoms with Crippen LogP contribution in [-0.4, -0.2) is 23.0 Å². The third-order valence-corrected chi connectivity index (χ3v) is 3.90. The van der Waals surface area contributed by atoms with E-state index in [4.69, 9.17) is 10.5 Å². The summed E-state index contributed by atoms with van der Waals surface area (Å²) in [5.74, 6) is -1.33. The quantitative estimate of drug-likeness (QED) is 0.860. The van der Waals surface area contributed by atoms with E-state index in [9.17, 15) is 9.59 Å². The molecule has 110 valence electrons. The maximum absolute atomic E-state index is 11.8. The fourth-order valence-electron chi connectivity index (χ4n) is 1.66. The smallest absolute Gasteiger partial charge is 0.358 e. The second-order valence-corrected chi connectivity index (χ2v) is 5.40. The SMILES string of the molecule is CCc1ccc(-c2nc(C(=O)O[C@H](C)C(N)=O)cs2)cc1. The lowest BCUT2D eigenvalue weighted by atomic mass is 10.1. The van der Waals surface area contributed by atoms with Crippen LogP contribution in [0.1, 0.15) is 29.9 Å². The Morgan fingerprint density at radius 3 is 2.57 bits per heavy atom. The van der Waals surface area contributed by atoms with Crippen LogP contribution in [0, 0.1) is 0 Å². The van der Waals surface area contributed by atoms with Crippen LogP contribution in [-0.2, 0) is 16.0 Å². The van der Waals surface area contributed by atoms with Gasteiger partial charge in [-0.15, -0.1) is 11.3 Å². The van der Waals surface area contributed by atoms with Crippen LogP contribution in [0.15, 0.2) is 29.6 Å². The summed E-state index contributed by atoms with van der Waals surface area (Å²) >= 11 is 1.35. The normalized spacial score (nSPS) is 11.9. The number of nitrogens with zero attached hydrogens (tertiary/aromatic N) is 1. The number of carbonyl (C=O) groups excluding carboxylic acids is 2. The van der Waals surface area contributed by atoms with Crippen molar-refractivity contribution in [3.8, 4) is 10.6 Å². The van der Waals surface area contributed by atoms with Gasteiger partial charge in [0.15, 0.2) is 11.8 Å². The molecule has 0 fully saturated rings. The number of hydrogen-bond acceptors (Lipinski definition) is 5. The molecule has 1 amide bonds. The zero-order valence-electron chi connectivity index (χ0n) is 11.8. The molecule has 5 nitrogen and oxygen atoms in total. The first-order valence-electron chi connectivity index (χ1n) is 6.56. The van der Waals surface area contributed by atoms with E-state index in [0.29, 0.717) is 0 Å². The second kappa shape index (κ2) is 6.49. The molecule has 0 aliphatic rings. The Labute approximate surface area is 126 Å². The molecule has 0 saturated heterocycles. The number of esters is 1. The van der Waals surface area contributed by atoms with Crippen molar-refractivity contribution in [2.45, 2.75) is 26.4 Å². The fourth-order valence-corrected chi connectivity index (χ4v) is 2.46. The summed E-state index contributed by atoms with van der Waals surface area (Å²) in [7, 11) is 0. The average molecular weight is 304 g/mol. The monoisotopic (exact) mass is 304 g/mol. The van der Waals surface area contributed by atoms with Gasteiger partial charge in [-0.1, -0.05) is 31.2 Å². The third kappa shape index (κ3) is 3.66. The molecule has 2 N–H and O–H groups in total. The van der Waals surface area contributed by atoms with Gasteiger partial charge in [0.1, 0.15) is 5.01 Å². The van der Waals surface area contributed by atoms with Crippen LogP contribution in [0.3, 0.4) is 0 Å². The zero-order valence-corrected chi connectivity index (χ0v) is 12.6. The van der Waals surface area contributed by atoms with Crippen molar-refractivity contribution >= 4 is 23.2 Å². The first-order valence-corrected chi connectivity index (χ1v) is 7.44. The minimum absolute atomic E-state index is 0.183. The maximum Gasteiger partial charge on any atom is 0.358 e. The van der Waals surface area contributed by atoms with E-state index in [1.807, 2.05) is 24.3 Å². The van der Waals surface area contributed by atoms with Crippen LogP contribution < -0.4 is 5.73 Å². The number of amides is 1. The Hall–Kier alpha value is -2.21. The van der Waals surface area contributed by atoms with Crippen molar-refractivity contribution in [2.75, 3.05) is 0 Å². The highest BCUT2D eigenvalue weighted by Gasteiger charge is 2.19. The number of aryl methyl sites for hydroxylation is 1. The fraction of sp³-hybridized carbons (Fsp3) is 0.267. The van der Waals surface area contributed by atoms with Gasteiger partial charge in [-0.25, -0.2) is 9.78 Å². The summed E-state index contributed by atoms with van der Waals surface area (Å²) in [6.07, 6.45) is 0.00673. The lowest BCUT2D eigenvalue weighted by Gasteiger charge is -2.07. The molecule has 0 unspecified atom stereocenters. The van der Waals surface area contributed by atoms with Crippen molar-refractivity contribution < 1.29 is 14.3 Å². The van der Waals surface area contributed by atoms with E-state index in [1.54, 1.807) is 5.38 Å². The van der Waals surface area contributed by atoms with Gasteiger partial charge in [-0.2, -0.15) is 0 Å². The molecular formula is C15H16N2O3S. The van der Waals surface area contributed by atoms with E-state index < -0.39 is 18.0 Å². The largest absolute Gasteiger partial charge is 0.448 e. The number of ether oxygens (including phenoxy) is 1. The maximum atomic E-state index is 11.8. The van der Waals surface area contributed by atoms with Crippen molar-refractivity contribution in [3.05, 3.63) is 40.9 Å². The molecule has 0 bridgehead atoms. The number of hydrogen-bond donors (Lipinski definition) is 1. The molecule has 0 saturated carbocycles. The molecule has 21 heavy (non-hydrogen) atoms.